The van der Waals surface area contributed by atoms with Crippen LogP contribution in [-0.4, -0.2) is 44.3 Å². The first kappa shape index (κ1) is 32.5. The van der Waals surface area contributed by atoms with Crippen LogP contribution in [0.3, 0.4) is 0 Å². The van der Waals surface area contributed by atoms with E-state index in [2.05, 4.69) is 21.2 Å². The Balaban J connectivity index is 1.80. The monoisotopic (exact) mass is 701 g/mol. The van der Waals surface area contributed by atoms with Crippen molar-refractivity contribution in [3.8, 4) is 0 Å². The largest absolute Gasteiger partial charge is 0.355 e. The number of amides is 2. The molecule has 0 fully saturated rings. The number of halogens is 3. The van der Waals surface area contributed by atoms with Gasteiger partial charge in [-0.3, -0.25) is 13.9 Å². The number of nitrogens with one attached hydrogen (secondary N) is 1. The van der Waals surface area contributed by atoms with Crippen molar-refractivity contribution in [2.45, 2.75) is 30.8 Å². The summed E-state index contributed by atoms with van der Waals surface area (Å²) in [7, 11) is -4.23. The number of likely N-dealkylation sites (N-methyl/N-ethyl adjacent to an activating group) is 1. The number of benzene rings is 4. The molecule has 0 aliphatic carbocycles. The van der Waals surface area contributed by atoms with Crippen LogP contribution in [0.4, 0.5) is 5.69 Å². The van der Waals surface area contributed by atoms with Gasteiger partial charge in [-0.2, -0.15) is 0 Å². The minimum absolute atomic E-state index is 0.00195. The summed E-state index contributed by atoms with van der Waals surface area (Å²) in [6.07, 6.45) is 0.229. The molecule has 11 heteroatoms. The van der Waals surface area contributed by atoms with Crippen LogP contribution < -0.4 is 9.62 Å². The predicted octanol–water partition coefficient (Wildman–Crippen LogP) is 6.73. The van der Waals surface area contributed by atoms with E-state index in [-0.39, 0.29) is 39.5 Å². The lowest BCUT2D eigenvalue weighted by atomic mass is 10.0. The highest BCUT2D eigenvalue weighted by Crippen LogP contribution is 2.31. The maximum Gasteiger partial charge on any atom is 0.264 e. The summed E-state index contributed by atoms with van der Waals surface area (Å²) >= 11 is 15.9. The molecule has 1 unspecified atom stereocenters. The van der Waals surface area contributed by atoms with E-state index < -0.39 is 28.5 Å². The first-order valence-corrected chi connectivity index (χ1v) is 16.5. The van der Waals surface area contributed by atoms with E-state index >= 15 is 0 Å². The van der Waals surface area contributed by atoms with E-state index in [1.54, 1.807) is 25.1 Å². The Hall–Kier alpha value is -3.37. The molecule has 0 aromatic heterocycles. The molecule has 0 aliphatic heterocycles. The van der Waals surface area contributed by atoms with Crippen LogP contribution in [0.1, 0.15) is 18.1 Å². The lowest BCUT2D eigenvalue weighted by Gasteiger charge is -2.34. The average Bonchev–Trinajstić information content (AvgIpc) is 3.01. The first-order valence-electron chi connectivity index (χ1n) is 13.5. The molecule has 1 atom stereocenters. The summed E-state index contributed by atoms with van der Waals surface area (Å²) in [4.78, 5) is 29.3. The summed E-state index contributed by atoms with van der Waals surface area (Å²) in [5, 5.41) is 3.22. The second kappa shape index (κ2) is 14.9. The molecule has 4 aromatic carbocycles. The van der Waals surface area contributed by atoms with E-state index in [0.29, 0.717) is 6.54 Å². The van der Waals surface area contributed by atoms with E-state index in [1.807, 2.05) is 54.6 Å². The second-order valence-corrected chi connectivity index (χ2v) is 13.3. The van der Waals surface area contributed by atoms with Crippen LogP contribution in [0.15, 0.2) is 112 Å². The van der Waals surface area contributed by atoms with Gasteiger partial charge in [-0.15, -0.1) is 0 Å². The number of anilines is 1. The normalized spacial score (nSPS) is 11.9. The van der Waals surface area contributed by atoms with Crippen molar-refractivity contribution in [2.75, 3.05) is 17.4 Å². The van der Waals surface area contributed by atoms with Gasteiger partial charge in [0.2, 0.25) is 11.8 Å². The van der Waals surface area contributed by atoms with Crippen molar-refractivity contribution in [1.29, 1.82) is 0 Å². The van der Waals surface area contributed by atoms with Gasteiger partial charge in [0.1, 0.15) is 12.6 Å². The SMILES string of the molecule is CCNC(=O)C(Cc1ccccc1)N(Cc1ccc(Br)cc1)C(=O)CN(c1ccc(Cl)c(Cl)c1)S(=O)(=O)c1ccccc1. The molecule has 0 radical (unpaired) electrons. The number of sulfonamides is 1. The average molecular weight is 703 g/mol. The summed E-state index contributed by atoms with van der Waals surface area (Å²) < 4.78 is 29.8. The molecule has 0 saturated heterocycles. The highest BCUT2D eigenvalue weighted by Gasteiger charge is 2.34. The molecular weight excluding hydrogens is 673 g/mol. The Morgan fingerprint density at radius 1 is 0.837 bits per heavy atom. The number of carbonyl (C=O) groups is 2. The van der Waals surface area contributed by atoms with Crippen molar-refractivity contribution in [3.05, 3.63) is 129 Å². The zero-order chi connectivity index (χ0) is 31.0. The molecule has 4 rings (SSSR count). The second-order valence-electron chi connectivity index (χ2n) is 9.67. The van der Waals surface area contributed by atoms with Gasteiger partial charge in [-0.05, 0) is 60.5 Å². The fourth-order valence-corrected chi connectivity index (χ4v) is 6.50. The van der Waals surface area contributed by atoms with E-state index in [9.17, 15) is 18.0 Å². The fraction of sp³-hybridized carbons (Fsp3) is 0.188. The van der Waals surface area contributed by atoms with Crippen LogP contribution in [-0.2, 0) is 32.6 Å². The highest BCUT2D eigenvalue weighted by molar-refractivity contribution is 9.10. The summed E-state index contributed by atoms with van der Waals surface area (Å²) in [6.45, 7) is 1.65. The Morgan fingerprint density at radius 3 is 2.07 bits per heavy atom. The smallest absolute Gasteiger partial charge is 0.264 e. The van der Waals surface area contributed by atoms with E-state index in [4.69, 9.17) is 23.2 Å². The third-order valence-electron chi connectivity index (χ3n) is 6.69. The highest BCUT2D eigenvalue weighted by atomic mass is 79.9. The van der Waals surface area contributed by atoms with Gasteiger partial charge in [0, 0.05) is 24.0 Å². The maximum absolute atomic E-state index is 14.3. The zero-order valence-electron chi connectivity index (χ0n) is 23.3. The first-order chi connectivity index (χ1) is 20.6. The van der Waals surface area contributed by atoms with Crippen molar-refractivity contribution in [2.24, 2.45) is 0 Å². The van der Waals surface area contributed by atoms with Crippen LogP contribution in [0.2, 0.25) is 10.0 Å². The topological polar surface area (TPSA) is 86.8 Å². The number of hydrogen-bond acceptors (Lipinski definition) is 4. The van der Waals surface area contributed by atoms with Gasteiger partial charge in [0.15, 0.2) is 0 Å². The Labute approximate surface area is 270 Å². The summed E-state index contributed by atoms with van der Waals surface area (Å²) in [6, 6.07) is 28.0. The molecule has 0 heterocycles. The molecule has 1 N–H and O–H groups in total. The molecule has 0 aliphatic rings. The number of carbonyl (C=O) groups excluding carboxylic acids is 2. The lowest BCUT2D eigenvalue weighted by Crippen LogP contribution is -2.53. The zero-order valence-corrected chi connectivity index (χ0v) is 27.2. The molecule has 4 aromatic rings. The number of rotatable bonds is 12. The third kappa shape index (κ3) is 8.38. The Bertz CT molecular complexity index is 1660. The van der Waals surface area contributed by atoms with Crippen LogP contribution in [0, 0.1) is 0 Å². The molecule has 0 bridgehead atoms. The van der Waals surface area contributed by atoms with E-state index in [0.717, 1.165) is 19.9 Å². The van der Waals surface area contributed by atoms with Gasteiger partial charge >= 0.3 is 0 Å². The fourth-order valence-electron chi connectivity index (χ4n) is 4.52. The van der Waals surface area contributed by atoms with Crippen LogP contribution in [0.25, 0.3) is 0 Å². The van der Waals surface area contributed by atoms with Gasteiger partial charge in [-0.1, -0.05) is 99.8 Å². The molecule has 43 heavy (non-hydrogen) atoms. The molecule has 224 valence electrons. The predicted molar refractivity (Wildman–Crippen MR) is 175 cm³/mol. The minimum atomic E-state index is -4.23. The van der Waals surface area contributed by atoms with Crippen molar-refractivity contribution < 1.29 is 18.0 Å². The molecule has 0 spiro atoms. The van der Waals surface area contributed by atoms with Crippen LogP contribution >= 0.6 is 39.1 Å². The van der Waals surface area contributed by atoms with Gasteiger partial charge in [-0.25, -0.2) is 8.42 Å². The van der Waals surface area contributed by atoms with Crippen molar-refractivity contribution >= 4 is 66.7 Å². The molecule has 2 amide bonds. The third-order valence-corrected chi connectivity index (χ3v) is 9.75. The molecule has 0 saturated carbocycles. The lowest BCUT2D eigenvalue weighted by molar-refractivity contribution is -0.140. The molecular formula is C32H30BrCl2N3O4S. The summed E-state index contributed by atoms with van der Waals surface area (Å²) in [5.41, 5.74) is 1.78. The Morgan fingerprint density at radius 2 is 1.47 bits per heavy atom. The van der Waals surface area contributed by atoms with E-state index in [1.165, 1.54) is 35.2 Å². The standard InChI is InChI=1S/C32H30BrCl2N3O4S/c1-2-36-32(40)30(19-23-9-5-3-6-10-23)37(21-24-13-15-25(33)16-14-24)31(39)22-38(26-17-18-28(34)29(35)20-26)43(41,42)27-11-7-4-8-12-27/h3-18,20,30H,2,19,21-22H2,1H3,(H,36,40). The van der Waals surface area contributed by atoms with Gasteiger partial charge in [0.05, 0.1) is 20.6 Å². The maximum atomic E-state index is 14.3. The van der Waals surface area contributed by atoms with Crippen molar-refractivity contribution in [3.63, 3.8) is 0 Å². The summed E-state index contributed by atoms with van der Waals surface area (Å²) in [5.74, 6) is -0.912. The van der Waals surface area contributed by atoms with Crippen molar-refractivity contribution in [1.82, 2.24) is 10.2 Å². The molecule has 7 nitrogen and oxygen atoms in total. The minimum Gasteiger partial charge on any atom is -0.355 e. The quantitative estimate of drug-likeness (QED) is 0.178. The number of nitrogens with zero attached hydrogens (tertiary/aromatic N) is 2. The van der Waals surface area contributed by atoms with Crippen LogP contribution in [0.5, 0.6) is 0 Å². The van der Waals surface area contributed by atoms with Gasteiger partial charge in [0.25, 0.3) is 10.0 Å². The van der Waals surface area contributed by atoms with Gasteiger partial charge < -0.3 is 10.2 Å². The Kier molecular flexibility index (Phi) is 11.3. The number of hydrogen-bond donors (Lipinski definition) is 1.